The van der Waals surface area contributed by atoms with Crippen LogP contribution in [-0.2, 0) is 53.6 Å². The van der Waals surface area contributed by atoms with E-state index < -0.39 is 23.8 Å². The summed E-state index contributed by atoms with van der Waals surface area (Å²) >= 11 is 3.24. The van der Waals surface area contributed by atoms with E-state index in [1.807, 2.05) is 24.8 Å². The fourth-order valence-corrected chi connectivity index (χ4v) is 20.2. The van der Waals surface area contributed by atoms with Crippen molar-refractivity contribution < 1.29 is 53.6 Å². The Morgan fingerprint density at radius 3 is 0.667 bits per heavy atom. The van der Waals surface area contributed by atoms with Crippen molar-refractivity contribution in [3.8, 4) is 0 Å². The van der Waals surface area contributed by atoms with Crippen LogP contribution < -0.4 is 57.5 Å². The maximum atomic E-state index is 4.98. The van der Waals surface area contributed by atoms with Crippen LogP contribution >= 0.6 is 43.1 Å². The Kier molecular flexibility index (Phi) is 44.4. The Labute approximate surface area is 697 Å². The van der Waals surface area contributed by atoms with E-state index in [1.54, 1.807) is 63.1 Å². The van der Waals surface area contributed by atoms with Crippen molar-refractivity contribution in [2.24, 2.45) is 0 Å². The molecule has 11 aromatic rings. The molecule has 0 N–H and O–H groups in total. The molecule has 0 amide bonds. The van der Waals surface area contributed by atoms with Gasteiger partial charge in [-0.1, -0.05) is 236 Å². The van der Waals surface area contributed by atoms with E-state index in [0.29, 0.717) is 0 Å². The van der Waals surface area contributed by atoms with E-state index in [1.165, 1.54) is 92.5 Å². The molecule has 0 saturated heterocycles. The molecule has 111 heavy (non-hydrogen) atoms. The van der Waals surface area contributed by atoms with Gasteiger partial charge in [0.05, 0.1) is 42.3 Å². The van der Waals surface area contributed by atoms with Crippen LogP contribution in [0.4, 0.5) is 11.4 Å². The van der Waals surface area contributed by atoms with Crippen LogP contribution in [0, 0.1) is 69.0 Å². The SMILES string of the molecule is COCCN1C=CN(CCOC)[CH-]1.COCCN1C=CN(CCOC)[CH-]1.Cc1cc(C)c(N2C=CN(c3c(C)cc(C)cc3C)[CH-]2)c(C)c1.[CH3-].[Cl][RuH+2].[Cl][RuH+2].c1ccc(P(c2ccccc2)c2ccccc2)cc1.c1ccc([PH+](c2ccccc2)c2ccccc2)cc1.c1ccc([PH+](c2ccccc2)c2ccccc2)cc1. The minimum absolute atomic E-state index is 0. The maximum absolute atomic E-state index is 4.98. The summed E-state index contributed by atoms with van der Waals surface area (Å²) in [5.41, 5.74) is 10.4. The molecule has 3 heterocycles. The largest absolute Gasteiger partial charge is 0.102 e. The van der Waals surface area contributed by atoms with Crippen molar-refractivity contribution in [3.05, 3.63) is 395 Å². The molecular weight excluding hydrogens is 1640 g/mol. The third-order valence-corrected chi connectivity index (χ3v) is 25.5. The van der Waals surface area contributed by atoms with Gasteiger partial charge in [0.25, 0.3) is 0 Å². The van der Waals surface area contributed by atoms with Crippen LogP contribution in [0.2, 0.25) is 0 Å². The molecule has 17 heteroatoms. The third-order valence-electron chi connectivity index (χ3n) is 17.5. The van der Waals surface area contributed by atoms with Crippen molar-refractivity contribution in [2.75, 3.05) is 90.8 Å². The molecule has 11 aromatic carbocycles. The van der Waals surface area contributed by atoms with Gasteiger partial charge in [-0.15, -0.1) is 6.67 Å². The number of hydrogen-bond acceptors (Lipinski definition) is 10. The van der Waals surface area contributed by atoms with E-state index in [-0.39, 0.29) is 7.43 Å². The van der Waals surface area contributed by atoms with Crippen molar-refractivity contribution in [2.45, 2.75) is 41.5 Å². The molecule has 0 saturated carbocycles. The summed E-state index contributed by atoms with van der Waals surface area (Å²) in [7, 11) is 13.9. The Hall–Kier alpha value is -7.60. The molecule has 0 aliphatic carbocycles. The molecule has 10 nitrogen and oxygen atoms in total. The van der Waals surface area contributed by atoms with Gasteiger partial charge in [-0.05, 0) is 198 Å². The number of anilines is 2. The van der Waals surface area contributed by atoms with Crippen molar-refractivity contribution in [1.29, 1.82) is 0 Å². The van der Waals surface area contributed by atoms with E-state index in [4.69, 9.17) is 18.9 Å². The fourth-order valence-electron chi connectivity index (χ4n) is 12.8. The number of methoxy groups -OCH3 is 4. The summed E-state index contributed by atoms with van der Waals surface area (Å²) in [5, 5.41) is 12.8. The van der Waals surface area contributed by atoms with E-state index >= 15 is 0 Å². The van der Waals surface area contributed by atoms with Gasteiger partial charge < -0.3 is 55.8 Å². The topological polar surface area (TPSA) is 56.4 Å². The minimum atomic E-state index is -0.877. The van der Waals surface area contributed by atoms with Crippen molar-refractivity contribution >= 4 is 102 Å². The number of halogens is 2. The van der Waals surface area contributed by atoms with Gasteiger partial charge in [0, 0.05) is 66.0 Å². The summed E-state index contributed by atoms with van der Waals surface area (Å²) in [6.45, 7) is 25.9. The summed E-state index contributed by atoms with van der Waals surface area (Å²) in [5.74, 6) is 0. The first-order chi connectivity index (χ1) is 53.9. The standard InChI is InChI=1S/C21H25N2.3C18H15P.2C9H17N2O2.CH3.2ClH.2Ru.2H/c1-14-9-16(3)20(17(4)10-14)22-7-8-23(13-22)21-18(5)11-15(2)12-19(21)6;3*1-4-10-16(11-5-1)19(17-12-6-2-7-13-17)18-14-8-3-9-15-18;2*1-12-7-5-10-3-4-11(9-10)6-8-13-2;;;;;;;/h7-13H,1-6H3;3*1-15H;2*3-4,9H,5-8H2,1-2H3;1H3;2*1H;;;;/q-1;;;;3*-1;;;2*+3;;. The number of aryl methyl sites for hydroxylation is 6. The summed E-state index contributed by atoms with van der Waals surface area (Å²) < 4.78 is 19.9. The van der Waals surface area contributed by atoms with Gasteiger partial charge in [0.15, 0.2) is 0 Å². The van der Waals surface area contributed by atoms with Crippen LogP contribution in [0.3, 0.4) is 0 Å². The third kappa shape index (κ3) is 30.7. The number of rotatable bonds is 23. The average molecular weight is 1750 g/mol. The first-order valence-electron chi connectivity index (χ1n) is 36.6. The Bertz CT molecular complexity index is 3630. The summed E-state index contributed by atoms with van der Waals surface area (Å²) in [6.07, 6.45) is 12.4. The molecule has 0 spiro atoms. The molecular formula is C94H111Cl2N6O4P3Ru2+2. The van der Waals surface area contributed by atoms with Crippen LogP contribution in [0.25, 0.3) is 0 Å². The number of ether oxygens (including phenoxy) is 4. The second-order valence-corrected chi connectivity index (χ2v) is 32.9. The Balaban J connectivity index is 0.000000208. The molecule has 14 rings (SSSR count). The molecule has 0 unspecified atom stereocenters. The van der Waals surface area contributed by atoms with Crippen LogP contribution in [-0.4, -0.2) is 101 Å². The molecule has 0 fully saturated rings. The molecule has 0 bridgehead atoms. The van der Waals surface area contributed by atoms with Gasteiger partial charge in [-0.3, -0.25) is 0 Å². The monoisotopic (exact) mass is 1750 g/mol. The summed E-state index contributed by atoms with van der Waals surface area (Å²) in [4.78, 5) is 12.8. The van der Waals surface area contributed by atoms with Gasteiger partial charge >= 0.3 is 54.0 Å². The van der Waals surface area contributed by atoms with Crippen LogP contribution in [0.15, 0.2) is 334 Å². The molecule has 0 atom stereocenters. The second-order valence-electron chi connectivity index (χ2n) is 25.8. The predicted octanol–water partition coefficient (Wildman–Crippen LogP) is 17.5. The quantitative estimate of drug-likeness (QED) is 0.0352. The van der Waals surface area contributed by atoms with Crippen LogP contribution in [0.1, 0.15) is 33.4 Å². The normalized spacial score (nSPS) is 12.2. The zero-order valence-electron chi connectivity index (χ0n) is 65.9. The fraction of sp³-hybridized carbons (Fsp3) is 0.191. The van der Waals surface area contributed by atoms with Crippen LogP contribution in [0.5, 0.6) is 0 Å². The van der Waals surface area contributed by atoms with E-state index in [0.717, 1.165) is 52.6 Å². The second kappa shape index (κ2) is 53.4. The van der Waals surface area contributed by atoms with E-state index in [9.17, 15) is 0 Å². The van der Waals surface area contributed by atoms with Gasteiger partial charge in [-0.25, -0.2) is 0 Å². The van der Waals surface area contributed by atoms with Gasteiger partial charge in [-0.2, -0.15) is 13.3 Å². The van der Waals surface area contributed by atoms with E-state index in [2.05, 4.69) is 420 Å². The maximum Gasteiger partial charge on any atom is 0.102 e. The smallest absolute Gasteiger partial charge is 0.0622 e. The number of nitrogens with zero attached hydrogens (tertiary/aromatic N) is 6. The average Bonchev–Trinajstić information content (AvgIpc) is 1.74. The minimum Gasteiger partial charge on any atom is -0.0622 e. The summed E-state index contributed by atoms with van der Waals surface area (Å²) in [6, 6.07) is 106. The predicted molar refractivity (Wildman–Crippen MR) is 480 cm³/mol. The Morgan fingerprint density at radius 1 is 0.288 bits per heavy atom. The number of hydrogen-bond donors (Lipinski definition) is 0. The molecule has 584 valence electrons. The zero-order valence-corrected chi connectivity index (χ0v) is 74.0. The molecule has 3 aliphatic heterocycles. The Morgan fingerprint density at radius 2 is 0.477 bits per heavy atom. The number of benzene rings is 11. The zero-order chi connectivity index (χ0) is 78.5. The molecule has 0 radical (unpaired) electrons. The van der Waals surface area contributed by atoms with Gasteiger partial charge in [0.1, 0.15) is 31.8 Å². The first kappa shape index (κ1) is 92.3. The molecule has 3 aliphatic rings. The van der Waals surface area contributed by atoms with Gasteiger partial charge in [0.2, 0.25) is 0 Å². The van der Waals surface area contributed by atoms with Crippen molar-refractivity contribution in [3.63, 3.8) is 0 Å². The first-order valence-corrected chi connectivity index (χ1v) is 45.7. The van der Waals surface area contributed by atoms with Crippen molar-refractivity contribution in [1.82, 2.24) is 19.6 Å². The molecule has 0 aromatic heterocycles.